The van der Waals surface area contributed by atoms with Crippen LogP contribution in [0.15, 0.2) is 18.2 Å². The lowest BCUT2D eigenvalue weighted by molar-refractivity contribution is -0.385. The summed E-state index contributed by atoms with van der Waals surface area (Å²) in [6, 6.07) is 4.18. The van der Waals surface area contributed by atoms with E-state index in [4.69, 9.17) is 9.47 Å². The summed E-state index contributed by atoms with van der Waals surface area (Å²) in [7, 11) is 0. The number of nitrogens with zero attached hydrogens (tertiary/aromatic N) is 1. The highest BCUT2D eigenvalue weighted by Crippen LogP contribution is 2.29. The Morgan fingerprint density at radius 1 is 1.37 bits per heavy atom. The first-order valence-electron chi connectivity index (χ1n) is 6.23. The van der Waals surface area contributed by atoms with E-state index in [1.165, 1.54) is 18.2 Å². The first kappa shape index (κ1) is 15.4. The maximum atomic E-state index is 10.7. The molecule has 19 heavy (non-hydrogen) atoms. The van der Waals surface area contributed by atoms with E-state index in [0.717, 1.165) is 6.42 Å². The second-order valence-corrected chi connectivity index (χ2v) is 4.12. The molecule has 0 fully saturated rings. The van der Waals surface area contributed by atoms with Crippen LogP contribution in [0.1, 0.15) is 31.9 Å². The Hall–Kier alpha value is -1.66. The minimum atomic E-state index is -0.827. The Labute approximate surface area is 112 Å². The van der Waals surface area contributed by atoms with Crippen LogP contribution >= 0.6 is 0 Å². The van der Waals surface area contributed by atoms with Crippen LogP contribution in [0.2, 0.25) is 0 Å². The second-order valence-electron chi connectivity index (χ2n) is 4.12. The van der Waals surface area contributed by atoms with Gasteiger partial charge in [0.1, 0.15) is 12.4 Å². The third kappa shape index (κ3) is 4.84. The number of hydrogen-bond donors (Lipinski definition) is 1. The maximum absolute atomic E-state index is 10.7. The summed E-state index contributed by atoms with van der Waals surface area (Å²) in [4.78, 5) is 10.2. The van der Waals surface area contributed by atoms with Crippen LogP contribution < -0.4 is 4.74 Å². The highest BCUT2D eigenvalue weighted by atomic mass is 16.6. The van der Waals surface area contributed by atoms with Crippen LogP contribution in [-0.2, 0) is 4.74 Å². The van der Waals surface area contributed by atoms with Crippen molar-refractivity contribution in [1.29, 1.82) is 0 Å². The van der Waals surface area contributed by atoms with Gasteiger partial charge in [0.15, 0.2) is 0 Å². The van der Waals surface area contributed by atoms with E-state index in [1.54, 1.807) is 6.92 Å². The zero-order valence-electron chi connectivity index (χ0n) is 11.2. The van der Waals surface area contributed by atoms with Crippen LogP contribution in [0.25, 0.3) is 0 Å². The lowest BCUT2D eigenvalue weighted by Crippen LogP contribution is -2.09. The quantitative estimate of drug-likeness (QED) is 0.445. The second kappa shape index (κ2) is 7.70. The third-order valence-corrected chi connectivity index (χ3v) is 2.49. The lowest BCUT2D eigenvalue weighted by atomic mass is 10.1. The minimum Gasteiger partial charge on any atom is -0.491 e. The van der Waals surface area contributed by atoms with Crippen molar-refractivity contribution in [3.8, 4) is 5.75 Å². The van der Waals surface area contributed by atoms with E-state index in [9.17, 15) is 15.2 Å². The molecule has 1 N–H and O–H groups in total. The number of non-ortho nitro benzene ring substituents is 1. The fourth-order valence-corrected chi connectivity index (χ4v) is 1.56. The van der Waals surface area contributed by atoms with E-state index in [0.29, 0.717) is 31.1 Å². The smallest absolute Gasteiger partial charge is 0.270 e. The van der Waals surface area contributed by atoms with Gasteiger partial charge in [-0.1, -0.05) is 6.92 Å². The van der Waals surface area contributed by atoms with Gasteiger partial charge in [-0.25, -0.2) is 0 Å². The summed E-state index contributed by atoms with van der Waals surface area (Å²) >= 11 is 0. The number of hydrogen-bond acceptors (Lipinski definition) is 5. The Kier molecular flexibility index (Phi) is 6.24. The van der Waals surface area contributed by atoms with Crippen molar-refractivity contribution in [2.45, 2.75) is 26.4 Å². The highest BCUT2D eigenvalue weighted by Gasteiger charge is 2.15. The Balaban J connectivity index is 2.69. The number of ether oxygens (including phenoxy) is 2. The summed E-state index contributed by atoms with van der Waals surface area (Å²) in [5.41, 5.74) is 0.343. The molecule has 0 radical (unpaired) electrons. The molecule has 0 heterocycles. The molecule has 0 saturated heterocycles. The van der Waals surface area contributed by atoms with E-state index in [-0.39, 0.29) is 5.69 Å². The Morgan fingerprint density at radius 2 is 2.11 bits per heavy atom. The molecule has 0 aliphatic heterocycles. The zero-order valence-corrected chi connectivity index (χ0v) is 11.2. The summed E-state index contributed by atoms with van der Waals surface area (Å²) in [5, 5.41) is 20.3. The summed E-state index contributed by atoms with van der Waals surface area (Å²) < 4.78 is 10.7. The maximum Gasteiger partial charge on any atom is 0.270 e. The third-order valence-electron chi connectivity index (χ3n) is 2.49. The van der Waals surface area contributed by atoms with Gasteiger partial charge in [-0.15, -0.1) is 0 Å². The van der Waals surface area contributed by atoms with Gasteiger partial charge in [0.2, 0.25) is 0 Å². The molecular weight excluding hydrogens is 250 g/mol. The van der Waals surface area contributed by atoms with Crippen molar-refractivity contribution in [2.75, 3.05) is 19.8 Å². The number of rotatable bonds is 8. The minimum absolute atomic E-state index is 0.0644. The lowest BCUT2D eigenvalue weighted by Gasteiger charge is -2.13. The van der Waals surface area contributed by atoms with Crippen molar-refractivity contribution < 1.29 is 19.5 Å². The van der Waals surface area contributed by atoms with Crippen LogP contribution in [0.4, 0.5) is 5.69 Å². The number of nitro groups is 1. The molecule has 1 rings (SSSR count). The molecule has 1 unspecified atom stereocenters. The summed E-state index contributed by atoms with van der Waals surface area (Å²) in [5.74, 6) is 0.445. The number of aliphatic hydroxyl groups is 1. The van der Waals surface area contributed by atoms with Crippen molar-refractivity contribution >= 4 is 5.69 Å². The normalized spacial score (nSPS) is 12.2. The van der Waals surface area contributed by atoms with Crippen molar-refractivity contribution in [2.24, 2.45) is 0 Å². The van der Waals surface area contributed by atoms with Gasteiger partial charge in [-0.05, 0) is 19.4 Å². The molecule has 106 valence electrons. The molecule has 1 aromatic rings. The topological polar surface area (TPSA) is 81.8 Å². The van der Waals surface area contributed by atoms with Gasteiger partial charge in [0.25, 0.3) is 5.69 Å². The van der Waals surface area contributed by atoms with E-state index >= 15 is 0 Å². The number of benzene rings is 1. The standard InChI is InChI=1S/C13H19NO5/c1-3-6-18-7-8-19-13-5-4-11(14(16)17)9-12(13)10(2)15/h4-5,9-10,15H,3,6-8H2,1-2H3. The molecule has 0 aliphatic carbocycles. The predicted molar refractivity (Wildman–Crippen MR) is 70.3 cm³/mol. The molecule has 0 aliphatic rings. The van der Waals surface area contributed by atoms with E-state index < -0.39 is 11.0 Å². The van der Waals surface area contributed by atoms with Crippen LogP contribution in [0.3, 0.4) is 0 Å². The van der Waals surface area contributed by atoms with Crippen molar-refractivity contribution in [3.63, 3.8) is 0 Å². The molecule has 0 spiro atoms. The zero-order chi connectivity index (χ0) is 14.3. The average Bonchev–Trinajstić information content (AvgIpc) is 2.38. The molecule has 0 amide bonds. The summed E-state index contributed by atoms with van der Waals surface area (Å²) in [6.45, 7) is 5.02. The monoisotopic (exact) mass is 269 g/mol. The van der Waals surface area contributed by atoms with Crippen LogP contribution in [0, 0.1) is 10.1 Å². The molecule has 0 aromatic heterocycles. The van der Waals surface area contributed by atoms with Crippen LogP contribution in [0.5, 0.6) is 5.75 Å². The molecule has 6 nitrogen and oxygen atoms in total. The molecule has 6 heteroatoms. The SMILES string of the molecule is CCCOCCOc1ccc([N+](=O)[O-])cc1C(C)O. The molecule has 0 saturated carbocycles. The fraction of sp³-hybridized carbons (Fsp3) is 0.538. The number of nitro benzene ring substituents is 1. The molecule has 1 atom stereocenters. The Bertz CT molecular complexity index is 419. The van der Waals surface area contributed by atoms with Gasteiger partial charge in [-0.3, -0.25) is 10.1 Å². The molecular formula is C13H19NO5. The van der Waals surface area contributed by atoms with E-state index in [2.05, 4.69) is 0 Å². The van der Waals surface area contributed by atoms with Gasteiger partial charge in [0.05, 0.1) is 17.6 Å². The van der Waals surface area contributed by atoms with Gasteiger partial charge < -0.3 is 14.6 Å². The predicted octanol–water partition coefficient (Wildman–Crippen LogP) is 2.45. The largest absolute Gasteiger partial charge is 0.491 e. The van der Waals surface area contributed by atoms with Crippen LogP contribution in [-0.4, -0.2) is 29.9 Å². The van der Waals surface area contributed by atoms with Crippen molar-refractivity contribution in [1.82, 2.24) is 0 Å². The first-order valence-corrected chi connectivity index (χ1v) is 6.23. The first-order chi connectivity index (χ1) is 9.06. The Morgan fingerprint density at radius 3 is 2.68 bits per heavy atom. The molecule has 0 bridgehead atoms. The van der Waals surface area contributed by atoms with E-state index in [1.807, 2.05) is 6.92 Å². The van der Waals surface area contributed by atoms with Gasteiger partial charge in [-0.2, -0.15) is 0 Å². The average molecular weight is 269 g/mol. The highest BCUT2D eigenvalue weighted by molar-refractivity contribution is 5.44. The number of aliphatic hydroxyl groups excluding tert-OH is 1. The molecule has 1 aromatic carbocycles. The summed E-state index contributed by atoms with van der Waals surface area (Å²) in [6.07, 6.45) is 0.114. The van der Waals surface area contributed by atoms with Gasteiger partial charge >= 0.3 is 0 Å². The fourth-order valence-electron chi connectivity index (χ4n) is 1.56. The van der Waals surface area contributed by atoms with Gasteiger partial charge in [0, 0.05) is 24.3 Å². The van der Waals surface area contributed by atoms with Crippen molar-refractivity contribution in [3.05, 3.63) is 33.9 Å².